The van der Waals surface area contributed by atoms with Crippen molar-refractivity contribution in [2.45, 2.75) is 38.9 Å². The molecule has 2 N–H and O–H groups in total. The van der Waals surface area contributed by atoms with Crippen LogP contribution in [-0.2, 0) is 19.2 Å². The first-order valence-electron chi connectivity index (χ1n) is 9.92. The van der Waals surface area contributed by atoms with E-state index in [1.54, 1.807) is 31.2 Å². The van der Waals surface area contributed by atoms with E-state index in [2.05, 4.69) is 5.32 Å². The highest BCUT2D eigenvalue weighted by atomic mass is 19.4. The summed E-state index contributed by atoms with van der Waals surface area (Å²) in [6.45, 7) is 1.82. The Labute approximate surface area is 186 Å². The number of nitrogens with zero attached hydrogens (tertiary/aromatic N) is 2. The lowest BCUT2D eigenvalue weighted by Gasteiger charge is -2.25. The van der Waals surface area contributed by atoms with Crippen LogP contribution in [0.4, 0.5) is 33.3 Å². The SMILES string of the molecule is CCN1C(=O)[C@@H](NC(=O)C(C)C(=O)NCC(F)(F)C(F)(F)F)CN(C(C)=O)c2ccccc21. The molecule has 1 aliphatic heterocycles. The summed E-state index contributed by atoms with van der Waals surface area (Å²) in [6, 6.07) is 5.27. The number of alkyl halides is 5. The predicted octanol–water partition coefficient (Wildman–Crippen LogP) is 1.84. The van der Waals surface area contributed by atoms with Gasteiger partial charge < -0.3 is 20.4 Å². The molecule has 0 saturated heterocycles. The smallest absolute Gasteiger partial charge is 0.349 e. The van der Waals surface area contributed by atoms with Crippen LogP contribution in [0.5, 0.6) is 0 Å². The monoisotopic (exact) mass is 478 g/mol. The molecule has 1 heterocycles. The molecule has 0 aliphatic carbocycles. The Morgan fingerprint density at radius 3 is 2.18 bits per heavy atom. The lowest BCUT2D eigenvalue weighted by molar-refractivity contribution is -0.278. The number of rotatable bonds is 6. The Hall–Kier alpha value is -3.25. The molecule has 0 radical (unpaired) electrons. The molecule has 1 unspecified atom stereocenters. The second kappa shape index (κ2) is 9.71. The number of halogens is 5. The fourth-order valence-electron chi connectivity index (χ4n) is 3.19. The number of likely N-dealkylation sites (N-methyl/N-ethyl adjacent to an activating group) is 1. The molecule has 1 aromatic carbocycles. The van der Waals surface area contributed by atoms with Gasteiger partial charge in [-0.3, -0.25) is 19.2 Å². The van der Waals surface area contributed by atoms with Crippen LogP contribution in [0.2, 0.25) is 0 Å². The standard InChI is InChI=1S/C20H23F5N4O4/c1-4-28-14-7-5-6-8-15(14)29(12(3)30)9-13(18(28)33)27-17(32)11(2)16(31)26-10-19(21,22)20(23,24)25/h5-8,11,13H,4,9-10H2,1-3H3,(H,26,31)(H,27,32)/t11?,13-/m0/s1. The molecule has 0 saturated carbocycles. The summed E-state index contributed by atoms with van der Waals surface area (Å²) in [4.78, 5) is 52.4. The molecule has 8 nitrogen and oxygen atoms in total. The van der Waals surface area contributed by atoms with E-state index < -0.39 is 54.2 Å². The number of nitrogens with one attached hydrogen (secondary N) is 2. The molecule has 4 amide bonds. The molecular weight excluding hydrogens is 455 g/mol. The third kappa shape index (κ3) is 5.57. The van der Waals surface area contributed by atoms with Crippen LogP contribution in [0.3, 0.4) is 0 Å². The quantitative estimate of drug-likeness (QED) is 0.482. The zero-order valence-corrected chi connectivity index (χ0v) is 18.0. The number of fused-ring (bicyclic) bond motifs is 1. The van der Waals surface area contributed by atoms with Gasteiger partial charge in [0, 0.05) is 13.5 Å². The molecule has 0 fully saturated rings. The largest absolute Gasteiger partial charge is 0.455 e. The summed E-state index contributed by atoms with van der Waals surface area (Å²) in [6.07, 6.45) is -5.87. The lowest BCUT2D eigenvalue weighted by atomic mass is 10.1. The first kappa shape index (κ1) is 26.0. The minimum Gasteiger partial charge on any atom is -0.349 e. The maximum Gasteiger partial charge on any atom is 0.455 e. The van der Waals surface area contributed by atoms with E-state index in [-0.39, 0.29) is 13.1 Å². The topological polar surface area (TPSA) is 98.8 Å². The van der Waals surface area contributed by atoms with Crippen LogP contribution in [0.25, 0.3) is 0 Å². The zero-order chi connectivity index (χ0) is 25.1. The van der Waals surface area contributed by atoms with Gasteiger partial charge in [0.05, 0.1) is 24.5 Å². The predicted molar refractivity (Wildman–Crippen MR) is 108 cm³/mol. The van der Waals surface area contributed by atoms with Crippen molar-refractivity contribution in [2.24, 2.45) is 5.92 Å². The van der Waals surface area contributed by atoms with E-state index in [1.807, 2.05) is 0 Å². The highest BCUT2D eigenvalue weighted by Gasteiger charge is 2.57. The van der Waals surface area contributed by atoms with E-state index in [0.29, 0.717) is 11.4 Å². The summed E-state index contributed by atoms with van der Waals surface area (Å²) in [5, 5.41) is 3.71. The number of hydrogen-bond donors (Lipinski definition) is 2. The van der Waals surface area contributed by atoms with Crippen molar-refractivity contribution in [2.75, 3.05) is 29.4 Å². The molecule has 13 heteroatoms. The molecule has 0 aromatic heterocycles. The minimum absolute atomic E-state index is 0.191. The molecule has 33 heavy (non-hydrogen) atoms. The van der Waals surface area contributed by atoms with Gasteiger partial charge in [0.1, 0.15) is 12.0 Å². The fourth-order valence-corrected chi connectivity index (χ4v) is 3.19. The van der Waals surface area contributed by atoms with Gasteiger partial charge >= 0.3 is 12.1 Å². The van der Waals surface area contributed by atoms with Gasteiger partial charge in [-0.05, 0) is 26.0 Å². The molecule has 2 atom stereocenters. The molecule has 182 valence electrons. The van der Waals surface area contributed by atoms with Gasteiger partial charge in [0.25, 0.3) is 5.91 Å². The van der Waals surface area contributed by atoms with Crippen molar-refractivity contribution in [3.05, 3.63) is 24.3 Å². The summed E-state index contributed by atoms with van der Waals surface area (Å²) in [5.41, 5.74) is 0.856. The van der Waals surface area contributed by atoms with Gasteiger partial charge in [-0.25, -0.2) is 0 Å². The molecular formula is C20H23F5N4O4. The average Bonchev–Trinajstić information content (AvgIpc) is 2.85. The summed E-state index contributed by atoms with van der Waals surface area (Å²) < 4.78 is 62.8. The molecule has 0 bridgehead atoms. The van der Waals surface area contributed by atoms with Crippen molar-refractivity contribution in [3.63, 3.8) is 0 Å². The number of hydrogen-bond acceptors (Lipinski definition) is 4. The lowest BCUT2D eigenvalue weighted by Crippen LogP contribution is -2.55. The highest BCUT2D eigenvalue weighted by molar-refractivity contribution is 6.08. The molecule has 1 aromatic rings. The summed E-state index contributed by atoms with van der Waals surface area (Å²) >= 11 is 0. The van der Waals surface area contributed by atoms with Crippen LogP contribution in [0, 0.1) is 5.92 Å². The van der Waals surface area contributed by atoms with E-state index in [9.17, 15) is 41.1 Å². The van der Waals surface area contributed by atoms with Crippen molar-refractivity contribution in [1.29, 1.82) is 0 Å². The van der Waals surface area contributed by atoms with E-state index in [0.717, 1.165) is 6.92 Å². The van der Waals surface area contributed by atoms with E-state index in [1.165, 1.54) is 22.0 Å². The number of amides is 4. The van der Waals surface area contributed by atoms with Gasteiger partial charge in [-0.15, -0.1) is 0 Å². The Bertz CT molecular complexity index is 922. The van der Waals surface area contributed by atoms with Crippen molar-refractivity contribution >= 4 is 35.0 Å². The van der Waals surface area contributed by atoms with E-state index in [4.69, 9.17) is 0 Å². The first-order valence-corrected chi connectivity index (χ1v) is 9.92. The van der Waals surface area contributed by atoms with Crippen molar-refractivity contribution in [1.82, 2.24) is 10.6 Å². The average molecular weight is 478 g/mol. The maximum atomic E-state index is 13.1. The third-order valence-electron chi connectivity index (χ3n) is 5.09. The first-order chi connectivity index (χ1) is 15.2. The van der Waals surface area contributed by atoms with Crippen LogP contribution >= 0.6 is 0 Å². The van der Waals surface area contributed by atoms with Gasteiger partial charge in [0.15, 0.2) is 0 Å². The minimum atomic E-state index is -5.87. The second-order valence-corrected chi connectivity index (χ2v) is 7.40. The van der Waals surface area contributed by atoms with Crippen molar-refractivity contribution in [3.8, 4) is 0 Å². The summed E-state index contributed by atoms with van der Waals surface area (Å²) in [7, 11) is 0. The Morgan fingerprint density at radius 2 is 1.67 bits per heavy atom. The normalized spacial score (nSPS) is 17.7. The molecule has 1 aliphatic rings. The fraction of sp³-hybridized carbons (Fsp3) is 0.500. The van der Waals surface area contributed by atoms with Crippen LogP contribution in [-0.4, -0.2) is 61.4 Å². The zero-order valence-electron chi connectivity index (χ0n) is 18.0. The van der Waals surface area contributed by atoms with E-state index >= 15 is 0 Å². The number of para-hydroxylation sites is 2. The Balaban J connectivity index is 2.18. The van der Waals surface area contributed by atoms with Gasteiger partial charge in [-0.2, -0.15) is 22.0 Å². The third-order valence-corrected chi connectivity index (χ3v) is 5.09. The van der Waals surface area contributed by atoms with Crippen molar-refractivity contribution < 1.29 is 41.1 Å². The Morgan fingerprint density at radius 1 is 1.09 bits per heavy atom. The van der Waals surface area contributed by atoms with Crippen LogP contribution in [0.1, 0.15) is 20.8 Å². The number of carbonyl (C=O) groups is 4. The van der Waals surface area contributed by atoms with Crippen LogP contribution < -0.4 is 20.4 Å². The van der Waals surface area contributed by atoms with Gasteiger partial charge in [0.2, 0.25) is 17.7 Å². The number of anilines is 2. The molecule has 0 spiro atoms. The Kier molecular flexibility index (Phi) is 7.65. The number of benzene rings is 1. The molecule has 2 rings (SSSR count). The highest BCUT2D eigenvalue weighted by Crippen LogP contribution is 2.35. The maximum absolute atomic E-state index is 13.1. The number of carbonyl (C=O) groups excluding carboxylic acids is 4. The second-order valence-electron chi connectivity index (χ2n) is 7.40. The van der Waals surface area contributed by atoms with Crippen LogP contribution in [0.15, 0.2) is 24.3 Å². The van der Waals surface area contributed by atoms with Gasteiger partial charge in [-0.1, -0.05) is 12.1 Å². The summed E-state index contributed by atoms with van der Waals surface area (Å²) in [5.74, 6) is -10.3.